The van der Waals surface area contributed by atoms with Crippen LogP contribution in [0.15, 0.2) is 40.9 Å². The lowest BCUT2D eigenvalue weighted by Crippen LogP contribution is -1.96. The van der Waals surface area contributed by atoms with Crippen molar-refractivity contribution in [1.82, 2.24) is 0 Å². The molecule has 0 saturated heterocycles. The minimum Gasteiger partial charge on any atom is -0.388 e. The highest BCUT2D eigenvalue weighted by Crippen LogP contribution is 2.21. The summed E-state index contributed by atoms with van der Waals surface area (Å²) < 4.78 is 1.03. The van der Waals surface area contributed by atoms with E-state index in [1.165, 1.54) is 0 Å². The van der Waals surface area contributed by atoms with Crippen molar-refractivity contribution in [2.45, 2.75) is 19.4 Å². The van der Waals surface area contributed by atoms with Crippen LogP contribution < -0.4 is 0 Å². The molecule has 0 fully saturated rings. The van der Waals surface area contributed by atoms with Crippen LogP contribution in [0.25, 0.3) is 0 Å². The van der Waals surface area contributed by atoms with Gasteiger partial charge in [-0.05, 0) is 31.0 Å². The first-order valence-corrected chi connectivity index (χ1v) is 4.97. The lowest BCUT2D eigenvalue weighted by molar-refractivity contribution is 0.178. The molecule has 1 nitrogen and oxygen atoms in total. The summed E-state index contributed by atoms with van der Waals surface area (Å²) in [6, 6.07) is 7.68. The SMILES string of the molecule is C=C(C)CC(O)c1ccc(Br)cc1. The molecule has 13 heavy (non-hydrogen) atoms. The molecule has 1 unspecified atom stereocenters. The Hall–Kier alpha value is -0.600. The van der Waals surface area contributed by atoms with Gasteiger partial charge in [0.1, 0.15) is 0 Å². The Morgan fingerprint density at radius 1 is 1.46 bits per heavy atom. The number of benzene rings is 1. The standard InChI is InChI=1S/C11H13BrO/c1-8(2)7-11(13)9-3-5-10(12)6-4-9/h3-6,11,13H,1,7H2,2H3. The van der Waals surface area contributed by atoms with E-state index >= 15 is 0 Å². The average molecular weight is 241 g/mol. The zero-order chi connectivity index (χ0) is 9.84. The van der Waals surface area contributed by atoms with Gasteiger partial charge in [-0.3, -0.25) is 0 Å². The van der Waals surface area contributed by atoms with E-state index in [2.05, 4.69) is 22.5 Å². The van der Waals surface area contributed by atoms with Gasteiger partial charge >= 0.3 is 0 Å². The van der Waals surface area contributed by atoms with Crippen molar-refractivity contribution in [3.8, 4) is 0 Å². The molecule has 0 aliphatic heterocycles. The van der Waals surface area contributed by atoms with Crippen LogP contribution in [0.2, 0.25) is 0 Å². The summed E-state index contributed by atoms with van der Waals surface area (Å²) in [7, 11) is 0. The average Bonchev–Trinajstić information content (AvgIpc) is 2.04. The summed E-state index contributed by atoms with van der Waals surface area (Å²) in [5.41, 5.74) is 1.93. The molecule has 0 aliphatic rings. The van der Waals surface area contributed by atoms with Crippen LogP contribution in [0.5, 0.6) is 0 Å². The zero-order valence-electron chi connectivity index (χ0n) is 7.63. The Balaban J connectivity index is 2.71. The molecule has 0 saturated carbocycles. The minimum absolute atomic E-state index is 0.425. The van der Waals surface area contributed by atoms with Crippen LogP contribution in [0.4, 0.5) is 0 Å². The molecule has 0 spiro atoms. The van der Waals surface area contributed by atoms with E-state index in [0.29, 0.717) is 6.42 Å². The zero-order valence-corrected chi connectivity index (χ0v) is 9.21. The highest BCUT2D eigenvalue weighted by Gasteiger charge is 2.06. The van der Waals surface area contributed by atoms with E-state index < -0.39 is 6.10 Å². The van der Waals surface area contributed by atoms with Crippen LogP contribution >= 0.6 is 15.9 Å². The summed E-state index contributed by atoms with van der Waals surface area (Å²) in [6.07, 6.45) is 0.201. The number of aliphatic hydroxyl groups excluding tert-OH is 1. The fourth-order valence-electron chi connectivity index (χ4n) is 1.13. The topological polar surface area (TPSA) is 20.2 Å². The van der Waals surface area contributed by atoms with E-state index in [4.69, 9.17) is 0 Å². The van der Waals surface area contributed by atoms with E-state index in [1.807, 2.05) is 31.2 Å². The van der Waals surface area contributed by atoms with Crippen molar-refractivity contribution in [2.75, 3.05) is 0 Å². The number of aliphatic hydroxyl groups is 1. The molecule has 1 rings (SSSR count). The normalized spacial score (nSPS) is 12.5. The second kappa shape index (κ2) is 4.58. The summed E-state index contributed by atoms with van der Waals surface area (Å²) >= 11 is 3.35. The summed E-state index contributed by atoms with van der Waals surface area (Å²) in [5.74, 6) is 0. The third-order valence-corrected chi connectivity index (χ3v) is 2.33. The molecule has 0 heterocycles. The molecule has 1 atom stereocenters. The molecule has 0 aromatic heterocycles. The van der Waals surface area contributed by atoms with Gasteiger partial charge in [0.05, 0.1) is 6.10 Å². The Morgan fingerprint density at radius 2 is 2.00 bits per heavy atom. The van der Waals surface area contributed by atoms with E-state index in [9.17, 15) is 5.11 Å². The van der Waals surface area contributed by atoms with Crippen molar-refractivity contribution in [3.05, 3.63) is 46.5 Å². The second-order valence-corrected chi connectivity index (χ2v) is 4.14. The number of halogens is 1. The lowest BCUT2D eigenvalue weighted by atomic mass is 10.0. The summed E-state index contributed by atoms with van der Waals surface area (Å²) in [5, 5.41) is 9.71. The maximum atomic E-state index is 9.71. The minimum atomic E-state index is -0.425. The van der Waals surface area contributed by atoms with Crippen LogP contribution in [0, 0.1) is 0 Å². The van der Waals surface area contributed by atoms with E-state index in [1.54, 1.807) is 0 Å². The Morgan fingerprint density at radius 3 is 2.46 bits per heavy atom. The number of hydrogen-bond acceptors (Lipinski definition) is 1. The third kappa shape index (κ3) is 3.33. The summed E-state index contributed by atoms with van der Waals surface area (Å²) in [4.78, 5) is 0. The fourth-order valence-corrected chi connectivity index (χ4v) is 1.40. The molecule has 0 bridgehead atoms. The Kier molecular flexibility index (Phi) is 3.70. The molecule has 70 valence electrons. The van der Waals surface area contributed by atoms with Crippen LogP contribution in [-0.4, -0.2) is 5.11 Å². The van der Waals surface area contributed by atoms with E-state index in [-0.39, 0.29) is 0 Å². The van der Waals surface area contributed by atoms with Crippen LogP contribution in [-0.2, 0) is 0 Å². The van der Waals surface area contributed by atoms with Gasteiger partial charge < -0.3 is 5.11 Å². The largest absolute Gasteiger partial charge is 0.388 e. The second-order valence-electron chi connectivity index (χ2n) is 3.23. The van der Waals surface area contributed by atoms with Gasteiger partial charge in [0.25, 0.3) is 0 Å². The van der Waals surface area contributed by atoms with Gasteiger partial charge in [0.15, 0.2) is 0 Å². The number of hydrogen-bond donors (Lipinski definition) is 1. The van der Waals surface area contributed by atoms with Crippen molar-refractivity contribution in [2.24, 2.45) is 0 Å². The molecule has 0 radical (unpaired) electrons. The molecule has 1 aromatic carbocycles. The predicted molar refractivity (Wildman–Crippen MR) is 58.5 cm³/mol. The van der Waals surface area contributed by atoms with Crippen molar-refractivity contribution < 1.29 is 5.11 Å². The maximum Gasteiger partial charge on any atom is 0.0826 e. The van der Waals surface area contributed by atoms with Crippen molar-refractivity contribution in [1.29, 1.82) is 0 Å². The van der Waals surface area contributed by atoms with Gasteiger partial charge in [0.2, 0.25) is 0 Å². The molecule has 0 aliphatic carbocycles. The van der Waals surface area contributed by atoms with Crippen molar-refractivity contribution >= 4 is 15.9 Å². The van der Waals surface area contributed by atoms with Gasteiger partial charge in [-0.15, -0.1) is 6.58 Å². The molecular formula is C11H13BrO. The van der Waals surface area contributed by atoms with Gasteiger partial charge in [0, 0.05) is 4.47 Å². The highest BCUT2D eigenvalue weighted by atomic mass is 79.9. The van der Waals surface area contributed by atoms with Gasteiger partial charge in [-0.2, -0.15) is 0 Å². The van der Waals surface area contributed by atoms with Crippen LogP contribution in [0.1, 0.15) is 25.0 Å². The lowest BCUT2D eigenvalue weighted by Gasteiger charge is -2.10. The van der Waals surface area contributed by atoms with Crippen LogP contribution in [0.3, 0.4) is 0 Å². The third-order valence-electron chi connectivity index (χ3n) is 1.80. The molecular weight excluding hydrogens is 228 g/mol. The first-order valence-electron chi connectivity index (χ1n) is 4.17. The Bertz CT molecular complexity index is 289. The van der Waals surface area contributed by atoms with E-state index in [0.717, 1.165) is 15.6 Å². The predicted octanol–water partition coefficient (Wildman–Crippen LogP) is 3.45. The van der Waals surface area contributed by atoms with Gasteiger partial charge in [-0.1, -0.05) is 33.6 Å². The molecule has 2 heteroatoms. The monoisotopic (exact) mass is 240 g/mol. The number of rotatable bonds is 3. The quantitative estimate of drug-likeness (QED) is 0.803. The maximum absolute atomic E-state index is 9.71. The highest BCUT2D eigenvalue weighted by molar-refractivity contribution is 9.10. The molecule has 1 aromatic rings. The molecule has 0 amide bonds. The van der Waals surface area contributed by atoms with Gasteiger partial charge in [-0.25, -0.2) is 0 Å². The fraction of sp³-hybridized carbons (Fsp3) is 0.273. The first-order chi connectivity index (χ1) is 6.09. The van der Waals surface area contributed by atoms with Crippen molar-refractivity contribution in [3.63, 3.8) is 0 Å². The summed E-state index contributed by atoms with van der Waals surface area (Å²) in [6.45, 7) is 5.69. The first kappa shape index (κ1) is 10.5. The Labute approximate surface area is 87.2 Å². The molecule has 1 N–H and O–H groups in total. The smallest absolute Gasteiger partial charge is 0.0826 e.